The van der Waals surface area contributed by atoms with Crippen LogP contribution < -0.4 is 0 Å². The maximum atomic E-state index is 10.7. The Hall–Kier alpha value is -1.36. The van der Waals surface area contributed by atoms with Crippen LogP contribution in [0.3, 0.4) is 0 Å². The first-order chi connectivity index (χ1) is 9.59. The van der Waals surface area contributed by atoms with Gasteiger partial charge >= 0.3 is 0 Å². The van der Waals surface area contributed by atoms with Gasteiger partial charge in [-0.3, -0.25) is 4.90 Å². The third kappa shape index (κ3) is 2.35. The molecule has 20 heavy (non-hydrogen) atoms. The molecule has 0 amide bonds. The Morgan fingerprint density at radius 1 is 1.20 bits per heavy atom. The number of fused-ring (bicyclic) bond motifs is 1. The minimum Gasteiger partial charge on any atom is -0.458 e. The highest BCUT2D eigenvalue weighted by Crippen LogP contribution is 2.34. The van der Waals surface area contributed by atoms with E-state index in [1.807, 2.05) is 30.3 Å². The molecule has 4 nitrogen and oxygen atoms in total. The van der Waals surface area contributed by atoms with Crippen molar-refractivity contribution in [3.05, 3.63) is 36.1 Å². The van der Waals surface area contributed by atoms with Crippen LogP contribution in [0.2, 0.25) is 0 Å². The van der Waals surface area contributed by atoms with E-state index in [1.54, 1.807) is 0 Å². The molecule has 1 N–H and O–H groups in total. The van der Waals surface area contributed by atoms with Crippen LogP contribution in [0.5, 0.6) is 0 Å². The van der Waals surface area contributed by atoms with Crippen molar-refractivity contribution in [3.8, 4) is 0 Å². The van der Waals surface area contributed by atoms with Crippen LogP contribution in [0, 0.1) is 0 Å². The molecule has 2 aromatic rings. The Kier molecular flexibility index (Phi) is 3.54. The number of morpholine rings is 1. The predicted octanol–water partition coefficient (Wildman–Crippen LogP) is 2.58. The van der Waals surface area contributed by atoms with Crippen molar-refractivity contribution in [2.45, 2.75) is 25.5 Å². The van der Waals surface area contributed by atoms with Crippen molar-refractivity contribution in [2.24, 2.45) is 0 Å². The molecular weight excluding hydrogens is 254 g/mol. The van der Waals surface area contributed by atoms with Gasteiger partial charge in [-0.2, -0.15) is 0 Å². The molecule has 1 fully saturated rings. The van der Waals surface area contributed by atoms with Crippen LogP contribution in [0.15, 0.2) is 34.7 Å². The number of para-hydroxylation sites is 1. The number of ether oxygens (including phenoxy) is 1. The molecule has 108 valence electrons. The highest BCUT2D eigenvalue weighted by Gasteiger charge is 2.37. The lowest BCUT2D eigenvalue weighted by Gasteiger charge is -2.43. The summed E-state index contributed by atoms with van der Waals surface area (Å²) in [5.74, 6) is 0.627. The largest absolute Gasteiger partial charge is 0.458 e. The number of hydrogen-bond acceptors (Lipinski definition) is 4. The summed E-state index contributed by atoms with van der Waals surface area (Å²) in [6.45, 7) is 7.22. The monoisotopic (exact) mass is 275 g/mol. The zero-order valence-corrected chi connectivity index (χ0v) is 12.0. The molecule has 4 heteroatoms. The van der Waals surface area contributed by atoms with E-state index in [9.17, 15) is 5.11 Å². The molecule has 1 aromatic carbocycles. The van der Waals surface area contributed by atoms with Gasteiger partial charge in [0.2, 0.25) is 0 Å². The number of benzene rings is 1. The van der Waals surface area contributed by atoms with E-state index in [2.05, 4.69) is 18.7 Å². The van der Waals surface area contributed by atoms with E-state index in [1.165, 1.54) is 0 Å². The molecule has 1 aliphatic rings. The summed E-state index contributed by atoms with van der Waals surface area (Å²) in [6.07, 6.45) is -0.659. The van der Waals surface area contributed by atoms with Crippen molar-refractivity contribution >= 4 is 11.0 Å². The molecule has 1 aromatic heterocycles. The SMILES string of the molecule is CC(C)(C(O)c1cc2ccccc2o1)N1CCOCC1. The maximum absolute atomic E-state index is 10.7. The lowest BCUT2D eigenvalue weighted by Crippen LogP contribution is -2.53. The minimum absolute atomic E-state index is 0.377. The average Bonchev–Trinajstić information content (AvgIpc) is 2.91. The van der Waals surface area contributed by atoms with Gasteiger partial charge in [0.15, 0.2) is 0 Å². The summed E-state index contributed by atoms with van der Waals surface area (Å²) in [6, 6.07) is 9.77. The summed E-state index contributed by atoms with van der Waals surface area (Å²) in [5, 5.41) is 11.8. The molecule has 0 saturated carbocycles. The molecule has 1 atom stereocenters. The molecule has 0 radical (unpaired) electrons. The number of furan rings is 1. The normalized spacial score (nSPS) is 19.4. The third-order valence-corrected chi connectivity index (χ3v) is 4.21. The first-order valence-corrected chi connectivity index (χ1v) is 7.08. The predicted molar refractivity (Wildman–Crippen MR) is 77.6 cm³/mol. The van der Waals surface area contributed by atoms with Crippen LogP contribution in [0.1, 0.15) is 25.7 Å². The number of aliphatic hydroxyl groups is 1. The third-order valence-electron chi connectivity index (χ3n) is 4.21. The van der Waals surface area contributed by atoms with Crippen molar-refractivity contribution in [2.75, 3.05) is 26.3 Å². The average molecular weight is 275 g/mol. The molecule has 1 unspecified atom stereocenters. The molecule has 0 spiro atoms. The smallest absolute Gasteiger partial charge is 0.135 e. The summed E-state index contributed by atoms with van der Waals surface area (Å²) >= 11 is 0. The van der Waals surface area contributed by atoms with Crippen molar-refractivity contribution in [1.82, 2.24) is 4.90 Å². The second-order valence-electron chi connectivity index (χ2n) is 5.84. The Balaban J connectivity index is 1.87. The van der Waals surface area contributed by atoms with Gasteiger partial charge in [0.1, 0.15) is 17.4 Å². The van der Waals surface area contributed by atoms with E-state index >= 15 is 0 Å². The minimum atomic E-state index is -0.659. The zero-order valence-electron chi connectivity index (χ0n) is 12.0. The van der Waals surface area contributed by atoms with Crippen LogP contribution in [-0.2, 0) is 4.74 Å². The van der Waals surface area contributed by atoms with Crippen molar-refractivity contribution in [3.63, 3.8) is 0 Å². The molecule has 0 bridgehead atoms. The highest BCUT2D eigenvalue weighted by atomic mass is 16.5. The molecule has 1 saturated heterocycles. The van der Waals surface area contributed by atoms with Crippen LogP contribution in [0.25, 0.3) is 11.0 Å². The Morgan fingerprint density at radius 3 is 2.60 bits per heavy atom. The van der Waals surface area contributed by atoms with Gasteiger partial charge in [0.05, 0.1) is 13.2 Å². The first-order valence-electron chi connectivity index (χ1n) is 7.08. The second kappa shape index (κ2) is 5.20. The lowest BCUT2D eigenvalue weighted by molar-refractivity contribution is -0.0686. The van der Waals surface area contributed by atoms with Crippen LogP contribution >= 0.6 is 0 Å². The molecule has 1 aliphatic heterocycles. The van der Waals surface area contributed by atoms with Gasteiger partial charge in [0.25, 0.3) is 0 Å². The maximum Gasteiger partial charge on any atom is 0.135 e. The molecular formula is C16H21NO3. The summed E-state index contributed by atoms with van der Waals surface area (Å²) in [7, 11) is 0. The fourth-order valence-corrected chi connectivity index (χ4v) is 2.80. The van der Waals surface area contributed by atoms with E-state index in [-0.39, 0.29) is 5.54 Å². The first kappa shape index (κ1) is 13.6. The van der Waals surface area contributed by atoms with E-state index < -0.39 is 6.10 Å². The Morgan fingerprint density at radius 2 is 1.90 bits per heavy atom. The Labute approximate surface area is 118 Å². The number of nitrogens with zero attached hydrogens (tertiary/aromatic N) is 1. The quantitative estimate of drug-likeness (QED) is 0.935. The van der Waals surface area contributed by atoms with E-state index in [0.717, 1.165) is 37.3 Å². The van der Waals surface area contributed by atoms with Crippen molar-refractivity contribution < 1.29 is 14.3 Å². The fourth-order valence-electron chi connectivity index (χ4n) is 2.80. The summed E-state index contributed by atoms with van der Waals surface area (Å²) in [4.78, 5) is 2.26. The molecule has 3 rings (SSSR count). The number of aliphatic hydroxyl groups excluding tert-OH is 1. The zero-order chi connectivity index (χ0) is 14.2. The van der Waals surface area contributed by atoms with Gasteiger partial charge < -0.3 is 14.3 Å². The van der Waals surface area contributed by atoms with Gasteiger partial charge in [-0.05, 0) is 26.0 Å². The lowest BCUT2D eigenvalue weighted by atomic mass is 9.92. The second-order valence-corrected chi connectivity index (χ2v) is 5.84. The van der Waals surface area contributed by atoms with E-state index in [0.29, 0.717) is 5.76 Å². The fraction of sp³-hybridized carbons (Fsp3) is 0.500. The number of hydrogen-bond donors (Lipinski definition) is 1. The Bertz CT molecular complexity index is 551. The van der Waals surface area contributed by atoms with Gasteiger partial charge in [-0.25, -0.2) is 0 Å². The molecule has 0 aliphatic carbocycles. The van der Waals surface area contributed by atoms with Gasteiger partial charge in [-0.1, -0.05) is 18.2 Å². The van der Waals surface area contributed by atoms with Crippen LogP contribution in [-0.4, -0.2) is 41.8 Å². The standard InChI is InChI=1S/C16H21NO3/c1-16(2,17-7-9-19-10-8-17)15(18)14-11-12-5-3-4-6-13(12)20-14/h3-6,11,15,18H,7-10H2,1-2H3. The highest BCUT2D eigenvalue weighted by molar-refractivity contribution is 5.77. The summed E-state index contributed by atoms with van der Waals surface area (Å²) in [5.41, 5.74) is 0.441. The molecule has 2 heterocycles. The van der Waals surface area contributed by atoms with Gasteiger partial charge in [0, 0.05) is 24.0 Å². The van der Waals surface area contributed by atoms with Crippen molar-refractivity contribution in [1.29, 1.82) is 0 Å². The number of rotatable bonds is 3. The topological polar surface area (TPSA) is 45.8 Å². The van der Waals surface area contributed by atoms with Crippen LogP contribution in [0.4, 0.5) is 0 Å². The summed E-state index contributed by atoms with van der Waals surface area (Å²) < 4.78 is 11.2. The van der Waals surface area contributed by atoms with E-state index in [4.69, 9.17) is 9.15 Å². The van der Waals surface area contributed by atoms with Gasteiger partial charge in [-0.15, -0.1) is 0 Å².